The van der Waals surface area contributed by atoms with Gasteiger partial charge in [-0.3, -0.25) is 0 Å². The quantitative estimate of drug-likeness (QED) is 0.605. The van der Waals surface area contributed by atoms with Crippen molar-refractivity contribution in [2.75, 3.05) is 6.61 Å². The van der Waals surface area contributed by atoms with Crippen LogP contribution in [-0.2, 0) is 4.74 Å². The largest absolute Gasteiger partial charge is 0.493 e. The van der Waals surface area contributed by atoms with E-state index >= 15 is 0 Å². The molecule has 3 heteroatoms. The van der Waals surface area contributed by atoms with Crippen LogP contribution in [0.3, 0.4) is 0 Å². The van der Waals surface area contributed by atoms with Crippen LogP contribution in [0.5, 0.6) is 5.75 Å². The molecule has 0 aliphatic rings. The van der Waals surface area contributed by atoms with E-state index in [1.807, 2.05) is 58.0 Å². The predicted octanol–water partition coefficient (Wildman–Crippen LogP) is 4.69. The van der Waals surface area contributed by atoms with E-state index in [9.17, 15) is 4.79 Å². The molecule has 0 fully saturated rings. The summed E-state index contributed by atoms with van der Waals surface area (Å²) >= 11 is 0. The molecular formula is C21H22O3. The van der Waals surface area contributed by atoms with Crippen LogP contribution in [0.15, 0.2) is 42.5 Å². The first-order valence-corrected chi connectivity index (χ1v) is 7.91. The molecule has 124 valence electrons. The zero-order valence-corrected chi connectivity index (χ0v) is 14.6. The van der Waals surface area contributed by atoms with Crippen LogP contribution in [0.1, 0.15) is 43.6 Å². The van der Waals surface area contributed by atoms with E-state index in [0.29, 0.717) is 17.9 Å². The van der Waals surface area contributed by atoms with Gasteiger partial charge in [0.25, 0.3) is 0 Å². The number of carbonyl (C=O) groups is 1. The molecule has 2 aromatic rings. The second-order valence-electron chi connectivity index (χ2n) is 6.37. The van der Waals surface area contributed by atoms with Gasteiger partial charge in [0.2, 0.25) is 0 Å². The van der Waals surface area contributed by atoms with Crippen molar-refractivity contribution < 1.29 is 14.3 Å². The van der Waals surface area contributed by atoms with Gasteiger partial charge in [0, 0.05) is 0 Å². The lowest BCUT2D eigenvalue weighted by molar-refractivity contribution is 0.00695. The summed E-state index contributed by atoms with van der Waals surface area (Å²) in [5, 5.41) is 0. The summed E-state index contributed by atoms with van der Waals surface area (Å²) in [7, 11) is 0. The van der Waals surface area contributed by atoms with Crippen LogP contribution in [0.25, 0.3) is 11.1 Å². The lowest BCUT2D eigenvalue weighted by Gasteiger charge is -2.19. The van der Waals surface area contributed by atoms with Gasteiger partial charge in [-0.05, 0) is 63.1 Å². The lowest BCUT2D eigenvalue weighted by Crippen LogP contribution is -2.23. The molecule has 0 atom stereocenters. The summed E-state index contributed by atoms with van der Waals surface area (Å²) in [6.07, 6.45) is 5.49. The van der Waals surface area contributed by atoms with Gasteiger partial charge in [-0.2, -0.15) is 0 Å². The van der Waals surface area contributed by atoms with E-state index in [1.54, 1.807) is 12.1 Å². The molecule has 0 aliphatic carbocycles. The number of benzene rings is 2. The molecule has 0 aliphatic heterocycles. The molecular weight excluding hydrogens is 300 g/mol. The third kappa shape index (κ3) is 4.39. The second-order valence-corrected chi connectivity index (χ2v) is 6.37. The number of ether oxygens (including phenoxy) is 2. The topological polar surface area (TPSA) is 35.5 Å². The van der Waals surface area contributed by atoms with Crippen molar-refractivity contribution in [2.24, 2.45) is 0 Å². The van der Waals surface area contributed by atoms with E-state index in [0.717, 1.165) is 16.7 Å². The fourth-order valence-corrected chi connectivity index (χ4v) is 2.23. The Morgan fingerprint density at radius 2 is 1.71 bits per heavy atom. The van der Waals surface area contributed by atoms with Crippen molar-refractivity contribution in [3.05, 3.63) is 53.6 Å². The summed E-state index contributed by atoms with van der Waals surface area (Å²) in [6.45, 7) is 8.02. The lowest BCUT2D eigenvalue weighted by atomic mass is 10.0. The Morgan fingerprint density at radius 1 is 1.08 bits per heavy atom. The molecule has 0 spiro atoms. The molecule has 0 amide bonds. The minimum atomic E-state index is -0.507. The predicted molar refractivity (Wildman–Crippen MR) is 96.2 cm³/mol. The Morgan fingerprint density at radius 3 is 2.25 bits per heavy atom. The molecule has 0 saturated heterocycles. The molecule has 0 radical (unpaired) electrons. The first-order valence-electron chi connectivity index (χ1n) is 7.91. The minimum absolute atomic E-state index is 0.327. The zero-order valence-electron chi connectivity index (χ0n) is 14.6. The van der Waals surface area contributed by atoms with E-state index in [4.69, 9.17) is 15.9 Å². The number of carbonyl (C=O) groups excluding carboxylic acids is 1. The SMILES string of the molecule is C#Cc1ccc(-c2ccc(C(=O)OC(C)(C)C)cc2)cc1OCC. The van der Waals surface area contributed by atoms with Crippen LogP contribution in [0.2, 0.25) is 0 Å². The first-order chi connectivity index (χ1) is 11.3. The molecule has 0 heterocycles. The van der Waals surface area contributed by atoms with Crippen LogP contribution < -0.4 is 4.74 Å². The van der Waals surface area contributed by atoms with Gasteiger partial charge in [0.15, 0.2) is 0 Å². The van der Waals surface area contributed by atoms with Crippen molar-refractivity contribution in [1.29, 1.82) is 0 Å². The van der Waals surface area contributed by atoms with Crippen molar-refractivity contribution in [1.82, 2.24) is 0 Å². The van der Waals surface area contributed by atoms with Crippen molar-refractivity contribution in [2.45, 2.75) is 33.3 Å². The molecule has 0 aromatic heterocycles. The molecule has 2 rings (SSSR count). The maximum absolute atomic E-state index is 12.1. The molecule has 0 N–H and O–H groups in total. The van der Waals surface area contributed by atoms with E-state index < -0.39 is 5.60 Å². The molecule has 0 saturated carbocycles. The zero-order chi connectivity index (χ0) is 17.7. The number of hydrogen-bond acceptors (Lipinski definition) is 3. The van der Waals surface area contributed by atoms with Gasteiger partial charge in [0.05, 0.1) is 17.7 Å². The minimum Gasteiger partial charge on any atom is -0.493 e. The van der Waals surface area contributed by atoms with Crippen molar-refractivity contribution in [3.63, 3.8) is 0 Å². The van der Waals surface area contributed by atoms with E-state index in [2.05, 4.69) is 5.92 Å². The fraction of sp³-hybridized carbons (Fsp3) is 0.286. The Bertz CT molecular complexity index is 759. The van der Waals surface area contributed by atoms with E-state index in [1.165, 1.54) is 0 Å². The smallest absolute Gasteiger partial charge is 0.338 e. The summed E-state index contributed by atoms with van der Waals surface area (Å²) in [5.74, 6) is 2.98. The first kappa shape index (κ1) is 17.6. The Hall–Kier alpha value is -2.73. The summed E-state index contributed by atoms with van der Waals surface area (Å²) in [6, 6.07) is 13.0. The number of esters is 1. The third-order valence-electron chi connectivity index (χ3n) is 3.29. The van der Waals surface area contributed by atoms with Gasteiger partial charge in [-0.15, -0.1) is 6.42 Å². The highest BCUT2D eigenvalue weighted by molar-refractivity contribution is 5.90. The molecule has 3 nitrogen and oxygen atoms in total. The van der Waals surface area contributed by atoms with Gasteiger partial charge < -0.3 is 9.47 Å². The van der Waals surface area contributed by atoms with Gasteiger partial charge in [-0.1, -0.05) is 24.1 Å². The average Bonchev–Trinajstić information content (AvgIpc) is 2.54. The number of rotatable bonds is 4. The Labute approximate surface area is 143 Å². The number of terminal acetylenes is 1. The maximum atomic E-state index is 12.1. The summed E-state index contributed by atoms with van der Waals surface area (Å²) < 4.78 is 11.0. The third-order valence-corrected chi connectivity index (χ3v) is 3.29. The van der Waals surface area contributed by atoms with Crippen molar-refractivity contribution >= 4 is 5.97 Å². The van der Waals surface area contributed by atoms with Crippen LogP contribution in [0.4, 0.5) is 0 Å². The summed E-state index contributed by atoms with van der Waals surface area (Å²) in [4.78, 5) is 12.1. The normalized spacial score (nSPS) is 10.8. The van der Waals surface area contributed by atoms with Crippen LogP contribution in [-0.4, -0.2) is 18.2 Å². The fourth-order valence-electron chi connectivity index (χ4n) is 2.23. The number of hydrogen-bond donors (Lipinski definition) is 0. The Kier molecular flexibility index (Phi) is 5.31. The average molecular weight is 322 g/mol. The molecule has 0 bridgehead atoms. The molecule has 2 aromatic carbocycles. The highest BCUT2D eigenvalue weighted by atomic mass is 16.6. The van der Waals surface area contributed by atoms with Crippen LogP contribution >= 0.6 is 0 Å². The molecule has 0 unspecified atom stereocenters. The Balaban J connectivity index is 2.26. The van der Waals surface area contributed by atoms with Crippen molar-refractivity contribution in [3.8, 4) is 29.2 Å². The maximum Gasteiger partial charge on any atom is 0.338 e. The highest BCUT2D eigenvalue weighted by Crippen LogP contribution is 2.27. The monoisotopic (exact) mass is 322 g/mol. The highest BCUT2D eigenvalue weighted by Gasteiger charge is 2.17. The standard InChI is InChI=1S/C21H22O3/c1-6-15-8-13-18(14-19(15)23-7-2)16-9-11-17(12-10-16)20(22)24-21(3,4)5/h1,8-14H,7H2,2-5H3. The molecule has 24 heavy (non-hydrogen) atoms. The second kappa shape index (κ2) is 7.23. The van der Waals surface area contributed by atoms with Gasteiger partial charge in [0.1, 0.15) is 11.4 Å². The van der Waals surface area contributed by atoms with Gasteiger partial charge >= 0.3 is 5.97 Å². The van der Waals surface area contributed by atoms with E-state index in [-0.39, 0.29) is 5.97 Å². The summed E-state index contributed by atoms with van der Waals surface area (Å²) in [5.41, 5.74) is 2.71. The van der Waals surface area contributed by atoms with Crippen LogP contribution in [0, 0.1) is 12.3 Å². The van der Waals surface area contributed by atoms with Gasteiger partial charge in [-0.25, -0.2) is 4.79 Å².